The van der Waals surface area contributed by atoms with Crippen molar-refractivity contribution >= 4 is 5.91 Å². The van der Waals surface area contributed by atoms with Crippen molar-refractivity contribution in [3.8, 4) is 0 Å². The Morgan fingerprint density at radius 1 is 1.47 bits per heavy atom. The van der Waals surface area contributed by atoms with Gasteiger partial charge in [-0.15, -0.1) is 0 Å². The number of carbonyl (C=O) groups excluding carboxylic acids is 1. The van der Waals surface area contributed by atoms with Crippen LogP contribution in [0.2, 0.25) is 0 Å². The molecule has 1 amide bonds. The van der Waals surface area contributed by atoms with E-state index in [1.807, 2.05) is 19.0 Å². The van der Waals surface area contributed by atoms with Crippen molar-refractivity contribution in [1.82, 2.24) is 15.1 Å². The molecule has 0 spiro atoms. The topological polar surface area (TPSA) is 35.6 Å². The number of amides is 1. The SMILES string of the molecule is CNCC1CCN(CC(=O)N(C)C2=CCCC2)CC1. The maximum absolute atomic E-state index is 12.2. The van der Waals surface area contributed by atoms with Crippen LogP contribution >= 0.6 is 0 Å². The minimum Gasteiger partial charge on any atom is -0.319 e. The monoisotopic (exact) mass is 265 g/mol. The summed E-state index contributed by atoms with van der Waals surface area (Å²) in [7, 11) is 3.94. The van der Waals surface area contributed by atoms with Gasteiger partial charge >= 0.3 is 0 Å². The molecule has 19 heavy (non-hydrogen) atoms. The van der Waals surface area contributed by atoms with Crippen LogP contribution in [0.25, 0.3) is 0 Å². The number of nitrogens with zero attached hydrogens (tertiary/aromatic N) is 2. The molecule has 1 aliphatic carbocycles. The Hall–Kier alpha value is -0.870. The molecule has 0 atom stereocenters. The Balaban J connectivity index is 1.74. The Morgan fingerprint density at radius 2 is 2.21 bits per heavy atom. The Bertz CT molecular complexity index is 332. The Kier molecular flexibility index (Phi) is 5.40. The summed E-state index contributed by atoms with van der Waals surface area (Å²) >= 11 is 0. The van der Waals surface area contributed by atoms with Gasteiger partial charge in [0.2, 0.25) is 5.91 Å². The molecule has 1 heterocycles. The lowest BCUT2D eigenvalue weighted by molar-refractivity contribution is -0.129. The molecule has 1 saturated heterocycles. The summed E-state index contributed by atoms with van der Waals surface area (Å²) in [5.41, 5.74) is 1.22. The Morgan fingerprint density at radius 3 is 2.79 bits per heavy atom. The van der Waals surface area contributed by atoms with Crippen molar-refractivity contribution in [2.45, 2.75) is 32.1 Å². The largest absolute Gasteiger partial charge is 0.319 e. The standard InChI is InChI=1S/C15H27N3O/c1-16-11-13-7-9-18(10-8-13)12-15(19)17(2)14-5-3-4-6-14/h5,13,16H,3-4,6-12H2,1-2H3. The third-order valence-electron chi connectivity index (χ3n) is 4.38. The molecule has 0 radical (unpaired) electrons. The van der Waals surface area contributed by atoms with Crippen LogP contribution in [-0.2, 0) is 4.79 Å². The van der Waals surface area contributed by atoms with Gasteiger partial charge in [-0.2, -0.15) is 0 Å². The minimum absolute atomic E-state index is 0.250. The second-order valence-electron chi connectivity index (χ2n) is 5.82. The van der Waals surface area contributed by atoms with E-state index in [0.717, 1.165) is 38.4 Å². The number of piperidine rings is 1. The lowest BCUT2D eigenvalue weighted by Crippen LogP contribution is -2.42. The van der Waals surface area contributed by atoms with Gasteiger partial charge in [0.15, 0.2) is 0 Å². The van der Waals surface area contributed by atoms with Crippen LogP contribution < -0.4 is 5.32 Å². The summed E-state index contributed by atoms with van der Waals surface area (Å²) in [4.78, 5) is 16.4. The summed E-state index contributed by atoms with van der Waals surface area (Å²) in [6, 6.07) is 0. The van der Waals surface area contributed by atoms with E-state index in [2.05, 4.69) is 16.3 Å². The van der Waals surface area contributed by atoms with E-state index in [4.69, 9.17) is 0 Å². The predicted molar refractivity (Wildman–Crippen MR) is 77.8 cm³/mol. The fourth-order valence-electron chi connectivity index (χ4n) is 3.05. The second kappa shape index (κ2) is 7.06. The lowest BCUT2D eigenvalue weighted by Gasteiger charge is -2.32. The summed E-state index contributed by atoms with van der Waals surface area (Å²) in [6.07, 6.45) is 8.01. The predicted octanol–water partition coefficient (Wildman–Crippen LogP) is 1.44. The molecular formula is C15H27N3O. The number of hydrogen-bond donors (Lipinski definition) is 1. The van der Waals surface area contributed by atoms with Gasteiger partial charge in [-0.1, -0.05) is 6.08 Å². The first-order chi connectivity index (χ1) is 9.20. The van der Waals surface area contributed by atoms with Crippen LogP contribution in [0.15, 0.2) is 11.8 Å². The third kappa shape index (κ3) is 4.05. The maximum Gasteiger partial charge on any atom is 0.240 e. The number of nitrogens with one attached hydrogen (secondary N) is 1. The van der Waals surface area contributed by atoms with Crippen molar-refractivity contribution in [3.63, 3.8) is 0 Å². The summed E-state index contributed by atoms with van der Waals surface area (Å²) in [5.74, 6) is 1.03. The molecule has 108 valence electrons. The van der Waals surface area contributed by atoms with Crippen molar-refractivity contribution in [2.24, 2.45) is 5.92 Å². The zero-order valence-electron chi connectivity index (χ0n) is 12.3. The van der Waals surface area contributed by atoms with Crippen LogP contribution in [0.4, 0.5) is 0 Å². The minimum atomic E-state index is 0.250. The highest BCUT2D eigenvalue weighted by Crippen LogP contribution is 2.21. The average molecular weight is 265 g/mol. The van der Waals surface area contributed by atoms with Crippen molar-refractivity contribution in [1.29, 1.82) is 0 Å². The average Bonchev–Trinajstić information content (AvgIpc) is 2.94. The molecule has 0 unspecified atom stereocenters. The van der Waals surface area contributed by atoms with E-state index < -0.39 is 0 Å². The van der Waals surface area contributed by atoms with Crippen molar-refractivity contribution in [3.05, 3.63) is 11.8 Å². The zero-order chi connectivity index (χ0) is 13.7. The maximum atomic E-state index is 12.2. The lowest BCUT2D eigenvalue weighted by atomic mass is 9.97. The molecule has 4 nitrogen and oxygen atoms in total. The number of allylic oxidation sites excluding steroid dienone is 2. The molecule has 1 fully saturated rings. The van der Waals surface area contributed by atoms with Crippen LogP contribution in [0.3, 0.4) is 0 Å². The first-order valence-corrected chi connectivity index (χ1v) is 7.53. The van der Waals surface area contributed by atoms with Crippen LogP contribution in [0, 0.1) is 5.92 Å². The van der Waals surface area contributed by atoms with Gasteiger partial charge in [-0.3, -0.25) is 9.69 Å². The third-order valence-corrected chi connectivity index (χ3v) is 4.38. The summed E-state index contributed by atoms with van der Waals surface area (Å²) in [5, 5.41) is 3.25. The zero-order valence-corrected chi connectivity index (χ0v) is 12.3. The smallest absolute Gasteiger partial charge is 0.240 e. The number of hydrogen-bond acceptors (Lipinski definition) is 3. The molecule has 4 heteroatoms. The fourth-order valence-corrected chi connectivity index (χ4v) is 3.05. The van der Waals surface area contributed by atoms with E-state index in [1.54, 1.807) is 0 Å². The van der Waals surface area contributed by atoms with Gasteiger partial charge in [-0.25, -0.2) is 0 Å². The molecular weight excluding hydrogens is 238 g/mol. The highest BCUT2D eigenvalue weighted by atomic mass is 16.2. The van der Waals surface area contributed by atoms with E-state index in [0.29, 0.717) is 6.54 Å². The Labute approximate surface area is 116 Å². The summed E-state index contributed by atoms with van der Waals surface area (Å²) < 4.78 is 0. The first kappa shape index (κ1) is 14.5. The van der Waals surface area contributed by atoms with Crippen molar-refractivity contribution in [2.75, 3.05) is 40.3 Å². The van der Waals surface area contributed by atoms with Gasteiger partial charge in [0, 0.05) is 12.7 Å². The van der Waals surface area contributed by atoms with Crippen molar-refractivity contribution < 1.29 is 4.79 Å². The molecule has 0 aromatic carbocycles. The second-order valence-corrected chi connectivity index (χ2v) is 5.82. The molecule has 2 aliphatic rings. The van der Waals surface area contributed by atoms with Crippen LogP contribution in [0.5, 0.6) is 0 Å². The summed E-state index contributed by atoms with van der Waals surface area (Å²) in [6.45, 7) is 3.81. The quantitative estimate of drug-likeness (QED) is 0.817. The first-order valence-electron chi connectivity index (χ1n) is 7.53. The van der Waals surface area contributed by atoms with E-state index in [9.17, 15) is 4.79 Å². The number of rotatable bonds is 5. The number of likely N-dealkylation sites (tertiary alicyclic amines) is 1. The van der Waals surface area contributed by atoms with E-state index >= 15 is 0 Å². The van der Waals surface area contributed by atoms with Gasteiger partial charge in [-0.05, 0) is 64.7 Å². The van der Waals surface area contributed by atoms with Gasteiger partial charge in [0.25, 0.3) is 0 Å². The van der Waals surface area contributed by atoms with Crippen LogP contribution in [-0.4, -0.2) is 56.0 Å². The molecule has 0 aromatic heterocycles. The normalized spacial score (nSPS) is 21.5. The molecule has 0 aromatic rings. The molecule has 2 rings (SSSR count). The van der Waals surface area contributed by atoms with Gasteiger partial charge in [0.1, 0.15) is 0 Å². The van der Waals surface area contributed by atoms with E-state index in [-0.39, 0.29) is 5.91 Å². The molecule has 0 bridgehead atoms. The number of likely N-dealkylation sites (N-methyl/N-ethyl adjacent to an activating group) is 1. The van der Waals surface area contributed by atoms with Gasteiger partial charge in [0.05, 0.1) is 6.54 Å². The van der Waals surface area contributed by atoms with Gasteiger partial charge < -0.3 is 10.2 Å². The highest BCUT2D eigenvalue weighted by Gasteiger charge is 2.23. The number of carbonyl (C=O) groups is 1. The molecule has 1 N–H and O–H groups in total. The van der Waals surface area contributed by atoms with E-state index in [1.165, 1.54) is 25.0 Å². The molecule has 0 saturated carbocycles. The molecule has 1 aliphatic heterocycles. The fraction of sp³-hybridized carbons (Fsp3) is 0.800. The van der Waals surface area contributed by atoms with Crippen LogP contribution in [0.1, 0.15) is 32.1 Å². The highest BCUT2D eigenvalue weighted by molar-refractivity contribution is 5.79.